The molecule has 15 heavy (non-hydrogen) atoms. The number of hydrogen-bond acceptors (Lipinski definition) is 2. The fourth-order valence-corrected chi connectivity index (χ4v) is 1.27. The molecule has 0 radical (unpaired) electrons. The van der Waals surface area contributed by atoms with E-state index in [2.05, 4.69) is 0 Å². The van der Waals surface area contributed by atoms with Gasteiger partial charge in [-0.1, -0.05) is 29.8 Å². The fourth-order valence-electron chi connectivity index (χ4n) is 1.27. The van der Waals surface area contributed by atoms with Crippen LogP contribution in [0.2, 0.25) is 0 Å². The normalized spacial score (nSPS) is 14.6. The van der Waals surface area contributed by atoms with Gasteiger partial charge in [-0.3, -0.25) is 4.79 Å². The monoisotopic (exact) mass is 207 g/mol. The van der Waals surface area contributed by atoms with Crippen LogP contribution in [0.1, 0.15) is 24.5 Å². The van der Waals surface area contributed by atoms with E-state index in [4.69, 9.17) is 10.8 Å². The summed E-state index contributed by atoms with van der Waals surface area (Å²) in [6.07, 6.45) is 1.14. The van der Waals surface area contributed by atoms with Crippen LogP contribution in [0.5, 0.6) is 0 Å². The van der Waals surface area contributed by atoms with Gasteiger partial charge in [0.05, 0.1) is 0 Å². The van der Waals surface area contributed by atoms with E-state index in [-0.39, 0.29) is 0 Å². The molecule has 0 heterocycles. The average Bonchev–Trinajstić information content (AvgIpc) is 2.17. The lowest BCUT2D eigenvalue weighted by Crippen LogP contribution is -2.45. The number of hydrogen-bond donors (Lipinski definition) is 2. The Morgan fingerprint density at radius 2 is 1.93 bits per heavy atom. The minimum atomic E-state index is -1.13. The van der Waals surface area contributed by atoms with Crippen molar-refractivity contribution in [1.29, 1.82) is 0 Å². The summed E-state index contributed by atoms with van der Waals surface area (Å²) in [5.41, 5.74) is 6.83. The molecule has 82 valence electrons. The molecule has 0 aliphatic heterocycles. The SMILES string of the molecule is Cc1ccc(CCC(C)(N)C(=O)O)cc1. The van der Waals surface area contributed by atoms with E-state index in [1.807, 2.05) is 31.2 Å². The van der Waals surface area contributed by atoms with Gasteiger partial charge >= 0.3 is 5.97 Å². The first-order valence-corrected chi connectivity index (χ1v) is 4.99. The molecule has 3 heteroatoms. The van der Waals surface area contributed by atoms with Crippen molar-refractivity contribution >= 4 is 5.97 Å². The second kappa shape index (κ2) is 4.45. The van der Waals surface area contributed by atoms with Gasteiger partial charge in [0.1, 0.15) is 5.54 Å². The number of rotatable bonds is 4. The first-order chi connectivity index (χ1) is 6.92. The van der Waals surface area contributed by atoms with Gasteiger partial charge in [-0.2, -0.15) is 0 Å². The van der Waals surface area contributed by atoms with E-state index in [0.29, 0.717) is 12.8 Å². The lowest BCUT2D eigenvalue weighted by atomic mass is 9.94. The van der Waals surface area contributed by atoms with Crippen LogP contribution in [-0.4, -0.2) is 16.6 Å². The molecule has 0 spiro atoms. The molecule has 3 nitrogen and oxygen atoms in total. The molecule has 0 bridgehead atoms. The molecular formula is C12H17NO2. The van der Waals surface area contributed by atoms with Gasteiger partial charge in [-0.25, -0.2) is 0 Å². The molecule has 0 saturated carbocycles. The minimum Gasteiger partial charge on any atom is -0.480 e. The predicted molar refractivity (Wildman–Crippen MR) is 59.7 cm³/mol. The van der Waals surface area contributed by atoms with Crippen molar-refractivity contribution in [3.05, 3.63) is 35.4 Å². The van der Waals surface area contributed by atoms with Crippen LogP contribution in [0.25, 0.3) is 0 Å². The van der Waals surface area contributed by atoms with Gasteiger partial charge in [0.25, 0.3) is 0 Å². The van der Waals surface area contributed by atoms with Crippen molar-refractivity contribution in [2.24, 2.45) is 5.73 Å². The molecule has 0 amide bonds. The molecule has 0 saturated heterocycles. The van der Waals surface area contributed by atoms with Gasteiger partial charge in [0.15, 0.2) is 0 Å². The highest BCUT2D eigenvalue weighted by Crippen LogP contribution is 2.12. The lowest BCUT2D eigenvalue weighted by Gasteiger charge is -2.18. The summed E-state index contributed by atoms with van der Waals surface area (Å²) in [6, 6.07) is 8.05. The zero-order chi connectivity index (χ0) is 11.5. The van der Waals surface area contributed by atoms with E-state index < -0.39 is 11.5 Å². The Morgan fingerprint density at radius 1 is 1.40 bits per heavy atom. The molecular weight excluding hydrogens is 190 g/mol. The number of carboxylic acids is 1. The van der Waals surface area contributed by atoms with Crippen molar-refractivity contribution in [2.45, 2.75) is 32.2 Å². The number of carboxylic acid groups (broad SMARTS) is 1. The highest BCUT2D eigenvalue weighted by atomic mass is 16.4. The van der Waals surface area contributed by atoms with Crippen molar-refractivity contribution in [2.75, 3.05) is 0 Å². The topological polar surface area (TPSA) is 63.3 Å². The summed E-state index contributed by atoms with van der Waals surface area (Å²) < 4.78 is 0. The molecule has 1 aromatic carbocycles. The number of benzene rings is 1. The van der Waals surface area contributed by atoms with Crippen molar-refractivity contribution in [3.8, 4) is 0 Å². The van der Waals surface area contributed by atoms with E-state index in [1.54, 1.807) is 6.92 Å². The molecule has 1 unspecified atom stereocenters. The molecule has 0 fully saturated rings. The Labute approximate surface area is 89.9 Å². The van der Waals surface area contributed by atoms with Gasteiger partial charge < -0.3 is 10.8 Å². The molecule has 3 N–H and O–H groups in total. The fraction of sp³-hybridized carbons (Fsp3) is 0.417. The van der Waals surface area contributed by atoms with Crippen LogP contribution < -0.4 is 5.73 Å². The highest BCUT2D eigenvalue weighted by Gasteiger charge is 2.26. The summed E-state index contributed by atoms with van der Waals surface area (Å²) in [4.78, 5) is 10.8. The Hall–Kier alpha value is -1.35. The van der Waals surface area contributed by atoms with Crippen LogP contribution >= 0.6 is 0 Å². The number of aryl methyl sites for hydroxylation is 2. The van der Waals surface area contributed by atoms with Crippen LogP contribution in [0.3, 0.4) is 0 Å². The molecule has 0 aliphatic rings. The first kappa shape index (κ1) is 11.7. The zero-order valence-corrected chi connectivity index (χ0v) is 9.16. The highest BCUT2D eigenvalue weighted by molar-refractivity contribution is 5.77. The molecule has 1 rings (SSSR count). The van der Waals surface area contributed by atoms with E-state index in [1.165, 1.54) is 5.56 Å². The third-order valence-corrected chi connectivity index (χ3v) is 2.54. The summed E-state index contributed by atoms with van der Waals surface area (Å²) >= 11 is 0. The number of aliphatic carboxylic acids is 1. The van der Waals surface area contributed by atoms with Crippen molar-refractivity contribution in [1.82, 2.24) is 0 Å². The lowest BCUT2D eigenvalue weighted by molar-refractivity contribution is -0.142. The van der Waals surface area contributed by atoms with Crippen LogP contribution in [0.15, 0.2) is 24.3 Å². The Bertz CT molecular complexity index is 341. The first-order valence-electron chi connectivity index (χ1n) is 4.99. The van der Waals surface area contributed by atoms with Crippen LogP contribution in [-0.2, 0) is 11.2 Å². The molecule has 0 aromatic heterocycles. The van der Waals surface area contributed by atoms with Gasteiger partial charge in [0, 0.05) is 0 Å². The molecule has 1 atom stereocenters. The van der Waals surface area contributed by atoms with Gasteiger partial charge in [0.2, 0.25) is 0 Å². The quantitative estimate of drug-likeness (QED) is 0.790. The Balaban J connectivity index is 2.57. The largest absolute Gasteiger partial charge is 0.480 e. The third-order valence-electron chi connectivity index (χ3n) is 2.54. The van der Waals surface area contributed by atoms with Crippen molar-refractivity contribution in [3.63, 3.8) is 0 Å². The third kappa shape index (κ3) is 3.36. The maximum Gasteiger partial charge on any atom is 0.323 e. The standard InChI is InChI=1S/C12H17NO2/c1-9-3-5-10(6-4-9)7-8-12(2,13)11(14)15/h3-6H,7-8,13H2,1-2H3,(H,14,15). The van der Waals surface area contributed by atoms with Gasteiger partial charge in [-0.15, -0.1) is 0 Å². The van der Waals surface area contributed by atoms with Crippen LogP contribution in [0.4, 0.5) is 0 Å². The van der Waals surface area contributed by atoms with Crippen LogP contribution in [0, 0.1) is 6.92 Å². The minimum absolute atomic E-state index is 0.450. The summed E-state index contributed by atoms with van der Waals surface area (Å²) in [5.74, 6) is -0.949. The average molecular weight is 207 g/mol. The second-order valence-electron chi connectivity index (χ2n) is 4.21. The maximum absolute atomic E-state index is 10.8. The molecule has 0 aliphatic carbocycles. The summed E-state index contributed by atoms with van der Waals surface area (Å²) in [7, 11) is 0. The number of nitrogens with two attached hydrogens (primary N) is 1. The Morgan fingerprint density at radius 3 is 2.40 bits per heavy atom. The van der Waals surface area contributed by atoms with Crippen molar-refractivity contribution < 1.29 is 9.90 Å². The zero-order valence-electron chi connectivity index (χ0n) is 9.16. The van der Waals surface area contributed by atoms with Gasteiger partial charge in [-0.05, 0) is 32.3 Å². The maximum atomic E-state index is 10.8. The van der Waals surface area contributed by atoms with E-state index >= 15 is 0 Å². The predicted octanol–water partition coefficient (Wildman–Crippen LogP) is 1.73. The second-order valence-corrected chi connectivity index (χ2v) is 4.21. The smallest absolute Gasteiger partial charge is 0.323 e. The number of carbonyl (C=O) groups is 1. The van der Waals surface area contributed by atoms with E-state index in [9.17, 15) is 4.79 Å². The molecule has 1 aromatic rings. The summed E-state index contributed by atoms with van der Waals surface area (Å²) in [6.45, 7) is 3.57. The Kier molecular flexibility index (Phi) is 3.48. The van der Waals surface area contributed by atoms with E-state index in [0.717, 1.165) is 5.56 Å². The summed E-state index contributed by atoms with van der Waals surface area (Å²) in [5, 5.41) is 8.84.